The Hall–Kier alpha value is -1.79. The third-order valence-corrected chi connectivity index (χ3v) is 4.47. The maximum absolute atomic E-state index is 13.0. The first-order valence-electron chi connectivity index (χ1n) is 7.34. The first-order chi connectivity index (χ1) is 10.1. The van der Waals surface area contributed by atoms with Gasteiger partial charge in [0.15, 0.2) is 6.04 Å². The molecule has 2 aliphatic rings. The van der Waals surface area contributed by atoms with Crippen molar-refractivity contribution in [1.82, 2.24) is 0 Å². The van der Waals surface area contributed by atoms with Gasteiger partial charge in [0.2, 0.25) is 5.91 Å². The van der Waals surface area contributed by atoms with Crippen LogP contribution in [-0.2, 0) is 9.59 Å². The molecule has 0 bridgehead atoms. The van der Waals surface area contributed by atoms with Gasteiger partial charge < -0.3 is 9.80 Å². The predicted octanol–water partition coefficient (Wildman–Crippen LogP) is -2.13. The van der Waals surface area contributed by atoms with Crippen molar-refractivity contribution >= 4 is 17.5 Å². The number of likely N-dealkylation sites (N-methyl/N-ethyl adjacent to an activating group) is 1. The van der Waals surface area contributed by atoms with Gasteiger partial charge in [-0.1, -0.05) is 0 Å². The molecule has 3 rings (SSSR count). The molecule has 0 aliphatic carbocycles. The fourth-order valence-electron chi connectivity index (χ4n) is 3.16. The highest BCUT2D eigenvalue weighted by Crippen LogP contribution is 2.22. The van der Waals surface area contributed by atoms with Crippen LogP contribution in [0, 0.1) is 5.82 Å². The molecule has 6 heteroatoms. The molecule has 1 aromatic rings. The third-order valence-electron chi connectivity index (χ3n) is 4.47. The number of carbonyl (C=O) groups is 2. The van der Waals surface area contributed by atoms with Crippen molar-refractivity contribution < 1.29 is 23.8 Å². The zero-order chi connectivity index (χ0) is 15.0. The van der Waals surface area contributed by atoms with Crippen LogP contribution in [0.25, 0.3) is 0 Å². The molecular formula is C15H20FN3O2+2. The second kappa shape index (κ2) is 5.54. The van der Waals surface area contributed by atoms with E-state index in [1.807, 2.05) is 0 Å². The van der Waals surface area contributed by atoms with Crippen LogP contribution in [0.2, 0.25) is 0 Å². The minimum absolute atomic E-state index is 0.152. The topological polar surface area (TPSA) is 46.3 Å². The summed E-state index contributed by atoms with van der Waals surface area (Å²) in [5.74, 6) is -0.710. The van der Waals surface area contributed by atoms with Crippen LogP contribution in [0.4, 0.5) is 10.1 Å². The summed E-state index contributed by atoms with van der Waals surface area (Å²) in [7, 11) is 2.14. The van der Waals surface area contributed by atoms with Crippen LogP contribution in [0.3, 0.4) is 0 Å². The van der Waals surface area contributed by atoms with Crippen molar-refractivity contribution in [2.45, 2.75) is 12.5 Å². The average Bonchev–Trinajstić information content (AvgIpc) is 2.76. The number of carbonyl (C=O) groups excluding carboxylic acids is 2. The van der Waals surface area contributed by atoms with E-state index in [4.69, 9.17) is 0 Å². The highest BCUT2D eigenvalue weighted by atomic mass is 19.1. The quantitative estimate of drug-likeness (QED) is 0.612. The third kappa shape index (κ3) is 2.69. The molecule has 2 saturated heterocycles. The highest BCUT2D eigenvalue weighted by Gasteiger charge is 2.46. The van der Waals surface area contributed by atoms with Crippen molar-refractivity contribution in [3.63, 3.8) is 0 Å². The molecule has 2 fully saturated rings. The number of amides is 2. The fourth-order valence-corrected chi connectivity index (χ4v) is 3.16. The van der Waals surface area contributed by atoms with Crippen molar-refractivity contribution in [2.24, 2.45) is 0 Å². The molecule has 0 saturated carbocycles. The van der Waals surface area contributed by atoms with Crippen molar-refractivity contribution in [3.8, 4) is 0 Å². The van der Waals surface area contributed by atoms with E-state index in [1.54, 1.807) is 0 Å². The number of quaternary nitrogens is 2. The number of imide groups is 1. The van der Waals surface area contributed by atoms with Gasteiger partial charge in [-0.3, -0.25) is 9.59 Å². The fraction of sp³-hybridized carbons (Fsp3) is 0.467. The molecule has 2 aliphatic heterocycles. The van der Waals surface area contributed by atoms with Gasteiger partial charge in [0.1, 0.15) is 32.0 Å². The number of nitrogens with one attached hydrogen (secondary N) is 2. The lowest BCUT2D eigenvalue weighted by molar-refractivity contribution is -1.01. The van der Waals surface area contributed by atoms with Crippen LogP contribution in [0.15, 0.2) is 24.3 Å². The Labute approximate surface area is 122 Å². The van der Waals surface area contributed by atoms with Crippen LogP contribution >= 0.6 is 0 Å². The Morgan fingerprint density at radius 3 is 2.33 bits per heavy atom. The summed E-state index contributed by atoms with van der Waals surface area (Å²) in [6, 6.07) is 5.23. The largest absolute Gasteiger partial charge is 0.328 e. The van der Waals surface area contributed by atoms with Gasteiger partial charge in [0, 0.05) is 0 Å². The van der Waals surface area contributed by atoms with Gasteiger partial charge in [-0.15, -0.1) is 0 Å². The molecule has 1 atom stereocenters. The molecule has 5 nitrogen and oxygen atoms in total. The molecule has 0 aromatic heterocycles. The minimum Gasteiger partial charge on any atom is -0.328 e. The van der Waals surface area contributed by atoms with Gasteiger partial charge in [0.05, 0.1) is 19.2 Å². The normalized spacial score (nSPS) is 30.0. The molecule has 1 aromatic carbocycles. The maximum Gasteiger partial charge on any atom is 0.292 e. The lowest BCUT2D eigenvalue weighted by Crippen LogP contribution is -3.29. The van der Waals surface area contributed by atoms with Crippen LogP contribution in [0.5, 0.6) is 0 Å². The van der Waals surface area contributed by atoms with Crippen molar-refractivity contribution in [2.75, 3.05) is 38.1 Å². The maximum atomic E-state index is 13.0. The van der Waals surface area contributed by atoms with E-state index >= 15 is 0 Å². The van der Waals surface area contributed by atoms with Gasteiger partial charge in [-0.2, -0.15) is 0 Å². The molecule has 0 radical (unpaired) electrons. The Morgan fingerprint density at radius 1 is 1.10 bits per heavy atom. The first-order valence-corrected chi connectivity index (χ1v) is 7.34. The molecule has 2 heterocycles. The summed E-state index contributed by atoms with van der Waals surface area (Å²) in [6.45, 7) is 3.85. The second-order valence-electron chi connectivity index (χ2n) is 5.92. The summed E-state index contributed by atoms with van der Waals surface area (Å²) in [5, 5.41) is 0. The number of rotatable bonds is 2. The Bertz CT molecular complexity index is 553. The van der Waals surface area contributed by atoms with E-state index in [9.17, 15) is 14.0 Å². The van der Waals surface area contributed by atoms with Gasteiger partial charge >= 0.3 is 0 Å². The molecule has 21 heavy (non-hydrogen) atoms. The number of benzene rings is 1. The highest BCUT2D eigenvalue weighted by molar-refractivity contribution is 6.21. The first kappa shape index (κ1) is 14.2. The smallest absolute Gasteiger partial charge is 0.292 e. The summed E-state index contributed by atoms with van der Waals surface area (Å²) >= 11 is 0. The van der Waals surface area contributed by atoms with Gasteiger partial charge in [-0.25, -0.2) is 9.29 Å². The minimum atomic E-state index is -0.373. The van der Waals surface area contributed by atoms with E-state index in [1.165, 1.54) is 39.0 Å². The zero-order valence-corrected chi connectivity index (χ0v) is 12.1. The number of anilines is 1. The number of halogens is 1. The number of piperazine rings is 1. The second-order valence-corrected chi connectivity index (χ2v) is 5.92. The van der Waals surface area contributed by atoms with E-state index in [0.717, 1.165) is 26.2 Å². The van der Waals surface area contributed by atoms with Crippen LogP contribution < -0.4 is 14.7 Å². The van der Waals surface area contributed by atoms with E-state index in [-0.39, 0.29) is 30.1 Å². The standard InChI is InChI=1S/C15H18FN3O2/c1-17-6-8-18(9-7-17)13-10-14(20)19(15(13)21)12-4-2-11(16)3-5-12/h2-5,13H,6-10H2,1H3/p+2/t13-/m1/s1. The molecule has 0 unspecified atom stereocenters. The number of hydrogen-bond acceptors (Lipinski definition) is 2. The molecular weight excluding hydrogens is 273 g/mol. The lowest BCUT2D eigenvalue weighted by atomic mass is 10.2. The summed E-state index contributed by atoms with van der Waals surface area (Å²) in [4.78, 5) is 28.6. The summed E-state index contributed by atoms with van der Waals surface area (Å²) in [5.41, 5.74) is 0.466. The van der Waals surface area contributed by atoms with E-state index in [2.05, 4.69) is 7.05 Å². The summed E-state index contributed by atoms with van der Waals surface area (Å²) < 4.78 is 13.0. The molecule has 0 spiro atoms. The average molecular weight is 293 g/mol. The summed E-state index contributed by atoms with van der Waals surface area (Å²) in [6.07, 6.45) is 0.255. The lowest BCUT2D eigenvalue weighted by Gasteiger charge is -2.30. The Kier molecular flexibility index (Phi) is 3.73. The Morgan fingerprint density at radius 2 is 1.71 bits per heavy atom. The SMILES string of the molecule is C[NH+]1CC[NH+]([C@@H]2CC(=O)N(c3ccc(F)cc3)C2=O)CC1. The monoisotopic (exact) mass is 293 g/mol. The van der Waals surface area contributed by atoms with Gasteiger partial charge in [-0.05, 0) is 24.3 Å². The molecule has 2 amide bonds. The zero-order valence-electron chi connectivity index (χ0n) is 12.1. The Balaban J connectivity index is 1.77. The van der Waals surface area contributed by atoms with Crippen LogP contribution in [0.1, 0.15) is 6.42 Å². The molecule has 112 valence electrons. The van der Waals surface area contributed by atoms with Crippen molar-refractivity contribution in [1.29, 1.82) is 0 Å². The number of nitrogens with zero attached hydrogens (tertiary/aromatic N) is 1. The predicted molar refractivity (Wildman–Crippen MR) is 74.6 cm³/mol. The van der Waals surface area contributed by atoms with Crippen molar-refractivity contribution in [3.05, 3.63) is 30.1 Å². The van der Waals surface area contributed by atoms with Crippen LogP contribution in [-0.4, -0.2) is 51.1 Å². The number of hydrogen-bond donors (Lipinski definition) is 2. The van der Waals surface area contributed by atoms with E-state index < -0.39 is 0 Å². The molecule has 2 N–H and O–H groups in total. The van der Waals surface area contributed by atoms with Gasteiger partial charge in [0.25, 0.3) is 5.91 Å². The van der Waals surface area contributed by atoms with E-state index in [0.29, 0.717) is 5.69 Å².